The molecular weight excluding hydrogens is 322 g/mol. The summed E-state index contributed by atoms with van der Waals surface area (Å²) >= 11 is 6.50. The maximum atomic E-state index is 6.50. The Hall–Kier alpha value is -1.33. The normalized spacial score (nSPS) is 19.1. The molecule has 2 aromatic heterocycles. The molecule has 1 unspecified atom stereocenters. The smallest absolute Gasteiger partial charge is 0.131 e. The number of nitrogens with zero attached hydrogens (tertiary/aromatic N) is 5. The predicted molar refractivity (Wildman–Crippen MR) is 97.2 cm³/mol. The van der Waals surface area contributed by atoms with Crippen molar-refractivity contribution in [3.63, 3.8) is 0 Å². The highest BCUT2D eigenvalue weighted by molar-refractivity contribution is 6.30. The first-order valence-electron chi connectivity index (χ1n) is 9.02. The first-order valence-corrected chi connectivity index (χ1v) is 9.40. The lowest BCUT2D eigenvalue weighted by atomic mass is 9.98. The summed E-state index contributed by atoms with van der Waals surface area (Å²) in [7, 11) is 1.93. The number of rotatable bonds is 6. The fraction of sp³-hybridized carbons (Fsp3) is 0.667. The number of piperidine rings is 1. The average Bonchev–Trinajstić information content (AvgIpc) is 3.11. The van der Waals surface area contributed by atoms with E-state index in [1.165, 1.54) is 24.8 Å². The molecule has 6 heteroatoms. The van der Waals surface area contributed by atoms with E-state index in [1.807, 2.05) is 17.9 Å². The van der Waals surface area contributed by atoms with Gasteiger partial charge in [0.2, 0.25) is 0 Å². The molecule has 3 rings (SSSR count). The Bertz CT molecular complexity index is 675. The molecule has 0 saturated carbocycles. The van der Waals surface area contributed by atoms with Gasteiger partial charge in [0.15, 0.2) is 0 Å². The van der Waals surface area contributed by atoms with Crippen molar-refractivity contribution < 1.29 is 0 Å². The molecule has 132 valence electrons. The minimum atomic E-state index is 0.613. The standard InChI is InChI=1S/C18H28ClN5/c1-4-17-16(18(19)22(3)21-17)13-24-10-6-5-7-15(24)8-11-23-12-9-20-14(23)2/h9,12,15H,4-8,10-11,13H2,1-3H3. The van der Waals surface area contributed by atoms with Gasteiger partial charge in [0.05, 0.1) is 5.69 Å². The van der Waals surface area contributed by atoms with E-state index in [4.69, 9.17) is 11.6 Å². The van der Waals surface area contributed by atoms with E-state index < -0.39 is 0 Å². The summed E-state index contributed by atoms with van der Waals surface area (Å²) in [4.78, 5) is 6.93. The number of likely N-dealkylation sites (tertiary alicyclic amines) is 1. The zero-order valence-electron chi connectivity index (χ0n) is 15.0. The molecule has 0 aliphatic carbocycles. The highest BCUT2D eigenvalue weighted by atomic mass is 35.5. The molecule has 2 aromatic rings. The summed E-state index contributed by atoms with van der Waals surface area (Å²) < 4.78 is 4.06. The van der Waals surface area contributed by atoms with Gasteiger partial charge < -0.3 is 4.57 Å². The number of aromatic nitrogens is 4. The van der Waals surface area contributed by atoms with Crippen molar-refractivity contribution in [3.8, 4) is 0 Å². The lowest BCUT2D eigenvalue weighted by Gasteiger charge is -2.36. The van der Waals surface area contributed by atoms with Gasteiger partial charge >= 0.3 is 0 Å². The molecule has 1 saturated heterocycles. The van der Waals surface area contributed by atoms with Crippen molar-refractivity contribution in [3.05, 3.63) is 34.6 Å². The van der Waals surface area contributed by atoms with E-state index >= 15 is 0 Å². The largest absolute Gasteiger partial charge is 0.335 e. The number of aryl methyl sites for hydroxylation is 4. The van der Waals surface area contributed by atoms with E-state index in [-0.39, 0.29) is 0 Å². The number of halogens is 1. The zero-order chi connectivity index (χ0) is 17.1. The lowest BCUT2D eigenvalue weighted by Crippen LogP contribution is -2.39. The van der Waals surface area contributed by atoms with Gasteiger partial charge in [-0.1, -0.05) is 24.9 Å². The third kappa shape index (κ3) is 3.67. The SMILES string of the molecule is CCc1nn(C)c(Cl)c1CN1CCCCC1CCn1ccnc1C. The monoisotopic (exact) mass is 349 g/mol. The second-order valence-electron chi connectivity index (χ2n) is 6.77. The first-order chi connectivity index (χ1) is 11.6. The maximum Gasteiger partial charge on any atom is 0.131 e. The van der Waals surface area contributed by atoms with Gasteiger partial charge in [0.25, 0.3) is 0 Å². The molecule has 1 atom stereocenters. The van der Waals surface area contributed by atoms with Crippen molar-refractivity contribution in [2.45, 2.75) is 65.1 Å². The van der Waals surface area contributed by atoms with Crippen molar-refractivity contribution in [1.29, 1.82) is 0 Å². The van der Waals surface area contributed by atoms with Crippen molar-refractivity contribution in [2.75, 3.05) is 6.54 Å². The Morgan fingerprint density at radius 3 is 2.88 bits per heavy atom. The quantitative estimate of drug-likeness (QED) is 0.800. The molecule has 3 heterocycles. The van der Waals surface area contributed by atoms with Gasteiger partial charge in [-0.3, -0.25) is 9.58 Å². The van der Waals surface area contributed by atoms with Crippen LogP contribution in [0.1, 0.15) is 49.7 Å². The van der Waals surface area contributed by atoms with Crippen molar-refractivity contribution in [1.82, 2.24) is 24.2 Å². The van der Waals surface area contributed by atoms with E-state index in [9.17, 15) is 0 Å². The van der Waals surface area contributed by atoms with Crippen LogP contribution in [0.15, 0.2) is 12.4 Å². The second-order valence-corrected chi connectivity index (χ2v) is 7.13. The molecule has 0 spiro atoms. The molecule has 1 fully saturated rings. The average molecular weight is 350 g/mol. The highest BCUT2D eigenvalue weighted by Crippen LogP contribution is 2.27. The summed E-state index contributed by atoms with van der Waals surface area (Å²) in [6, 6.07) is 0.613. The molecular formula is C18H28ClN5. The van der Waals surface area contributed by atoms with E-state index in [2.05, 4.69) is 39.6 Å². The predicted octanol–water partition coefficient (Wildman–Crippen LogP) is 3.59. The molecule has 0 bridgehead atoms. The van der Waals surface area contributed by atoms with Crippen molar-refractivity contribution in [2.24, 2.45) is 7.05 Å². The van der Waals surface area contributed by atoms with Crippen LogP contribution in [0, 0.1) is 6.92 Å². The summed E-state index contributed by atoms with van der Waals surface area (Å²) in [5.74, 6) is 1.10. The van der Waals surface area contributed by atoms with E-state index in [1.54, 1.807) is 0 Å². The topological polar surface area (TPSA) is 38.9 Å². The Kier molecular flexibility index (Phi) is 5.61. The fourth-order valence-corrected chi connectivity index (χ4v) is 3.97. The number of imidazole rings is 1. The summed E-state index contributed by atoms with van der Waals surface area (Å²) in [5, 5.41) is 5.36. The van der Waals surface area contributed by atoms with Gasteiger partial charge in [-0.25, -0.2) is 4.98 Å². The van der Waals surface area contributed by atoms with Crippen LogP contribution >= 0.6 is 11.6 Å². The van der Waals surface area contributed by atoms with E-state index in [0.717, 1.165) is 49.1 Å². The minimum absolute atomic E-state index is 0.613. The fourth-order valence-electron chi connectivity index (χ4n) is 3.77. The third-order valence-electron chi connectivity index (χ3n) is 5.22. The lowest BCUT2D eigenvalue weighted by molar-refractivity contribution is 0.128. The molecule has 1 aliphatic heterocycles. The number of hydrogen-bond acceptors (Lipinski definition) is 3. The Morgan fingerprint density at radius 2 is 2.17 bits per heavy atom. The van der Waals surface area contributed by atoms with Crippen LogP contribution in [-0.2, 0) is 26.6 Å². The van der Waals surface area contributed by atoms with Crippen LogP contribution in [0.5, 0.6) is 0 Å². The van der Waals surface area contributed by atoms with Crippen LogP contribution in [0.4, 0.5) is 0 Å². The Labute approximate surface area is 149 Å². The molecule has 1 aliphatic rings. The van der Waals surface area contributed by atoms with Gasteiger partial charge in [-0.15, -0.1) is 0 Å². The highest BCUT2D eigenvalue weighted by Gasteiger charge is 2.25. The van der Waals surface area contributed by atoms with Crippen LogP contribution in [0.25, 0.3) is 0 Å². The van der Waals surface area contributed by atoms with Crippen LogP contribution < -0.4 is 0 Å². The van der Waals surface area contributed by atoms with Crippen LogP contribution in [0.3, 0.4) is 0 Å². The van der Waals surface area contributed by atoms with E-state index in [0.29, 0.717) is 6.04 Å². The maximum absolute atomic E-state index is 6.50. The Balaban J connectivity index is 1.69. The molecule has 0 N–H and O–H groups in total. The first kappa shape index (κ1) is 17.5. The summed E-state index contributed by atoms with van der Waals surface area (Å²) in [6.45, 7) is 7.33. The third-order valence-corrected chi connectivity index (χ3v) is 5.70. The number of hydrogen-bond donors (Lipinski definition) is 0. The second kappa shape index (κ2) is 7.70. The molecule has 5 nitrogen and oxygen atoms in total. The summed E-state index contributed by atoms with van der Waals surface area (Å²) in [6.07, 6.45) is 9.93. The van der Waals surface area contributed by atoms with Crippen molar-refractivity contribution >= 4 is 11.6 Å². The zero-order valence-corrected chi connectivity index (χ0v) is 15.8. The van der Waals surface area contributed by atoms with Gasteiger partial charge in [-0.05, 0) is 39.2 Å². The molecule has 24 heavy (non-hydrogen) atoms. The minimum Gasteiger partial charge on any atom is -0.335 e. The van der Waals surface area contributed by atoms with Crippen LogP contribution in [-0.4, -0.2) is 36.8 Å². The van der Waals surface area contributed by atoms with Gasteiger partial charge in [-0.2, -0.15) is 5.10 Å². The van der Waals surface area contributed by atoms with Crippen LogP contribution in [0.2, 0.25) is 5.15 Å². The molecule has 0 amide bonds. The Morgan fingerprint density at radius 1 is 1.33 bits per heavy atom. The molecule has 0 aromatic carbocycles. The van der Waals surface area contributed by atoms with Gasteiger partial charge in [0.1, 0.15) is 11.0 Å². The van der Waals surface area contributed by atoms with Gasteiger partial charge in [0, 0.05) is 44.1 Å². The molecule has 0 radical (unpaired) electrons. The summed E-state index contributed by atoms with van der Waals surface area (Å²) in [5.41, 5.74) is 2.35.